The van der Waals surface area contributed by atoms with Gasteiger partial charge < -0.3 is 10.0 Å². The molecule has 6 nitrogen and oxygen atoms in total. The topological polar surface area (TPSA) is 76.7 Å². The summed E-state index contributed by atoms with van der Waals surface area (Å²) in [5, 5.41) is 11.3. The van der Waals surface area contributed by atoms with Gasteiger partial charge in [-0.3, -0.25) is 0 Å². The van der Waals surface area contributed by atoms with E-state index < -0.39 is 16.0 Å². The second-order valence-corrected chi connectivity index (χ2v) is 5.11. The molecule has 1 rings (SSSR count). The summed E-state index contributed by atoms with van der Waals surface area (Å²) in [7, 11) is 0.0732. The first-order valence-corrected chi connectivity index (χ1v) is 6.30. The van der Waals surface area contributed by atoms with E-state index in [1.807, 2.05) is 19.0 Å². The minimum Gasteiger partial charge on any atom is -0.806 e. The average Bonchev–Trinajstić information content (AvgIpc) is 2.15. The molecule has 0 amide bonds. The lowest BCUT2D eigenvalue weighted by molar-refractivity contribution is -0.613. The molecule has 0 saturated heterocycles. The van der Waals surface area contributed by atoms with Crippen molar-refractivity contribution >= 4 is 21.7 Å². The van der Waals surface area contributed by atoms with Crippen LogP contribution in [-0.4, -0.2) is 34.8 Å². The molecule has 0 aliphatic carbocycles. The monoisotopic (exact) mass is 243 g/mol. The van der Waals surface area contributed by atoms with Crippen molar-refractivity contribution in [2.75, 3.05) is 25.3 Å². The number of hydrogen-bond acceptors (Lipinski definition) is 4. The van der Waals surface area contributed by atoms with Gasteiger partial charge in [0.1, 0.15) is 0 Å². The molecule has 0 aromatic carbocycles. The number of anilines is 1. The fourth-order valence-corrected chi connectivity index (χ4v) is 1.41. The Balaban J connectivity index is 3.03. The number of pyridine rings is 1. The van der Waals surface area contributed by atoms with Crippen LogP contribution in [0.3, 0.4) is 0 Å². The van der Waals surface area contributed by atoms with Crippen LogP contribution < -0.4 is 14.6 Å². The summed E-state index contributed by atoms with van der Waals surface area (Å²) in [5.41, 5.74) is 0.906. The van der Waals surface area contributed by atoms with E-state index in [4.69, 9.17) is 0 Å². The van der Waals surface area contributed by atoms with Gasteiger partial charge in [0.05, 0.1) is 18.6 Å². The lowest BCUT2D eigenvalue weighted by atomic mass is 10.4. The normalized spacial score (nSPS) is 12.6. The third-order valence-electron chi connectivity index (χ3n) is 1.79. The fourth-order valence-electron chi connectivity index (χ4n) is 1.03. The number of rotatable bonds is 2. The van der Waals surface area contributed by atoms with Crippen molar-refractivity contribution in [3.05, 3.63) is 24.5 Å². The van der Waals surface area contributed by atoms with E-state index in [2.05, 4.69) is 4.40 Å². The van der Waals surface area contributed by atoms with E-state index in [0.717, 1.165) is 16.5 Å². The first kappa shape index (κ1) is 12.4. The van der Waals surface area contributed by atoms with E-state index in [1.165, 1.54) is 12.4 Å². The van der Waals surface area contributed by atoms with Crippen LogP contribution in [0.5, 0.6) is 0 Å². The number of hydrogen-bond donors (Lipinski definition) is 0. The summed E-state index contributed by atoms with van der Waals surface area (Å²) >= 11 is 0. The van der Waals surface area contributed by atoms with Gasteiger partial charge >= 0.3 is 10.0 Å². The van der Waals surface area contributed by atoms with Gasteiger partial charge in [0, 0.05) is 36.3 Å². The number of sulfonamides is 1. The Labute approximate surface area is 94.5 Å². The average molecular weight is 243 g/mol. The van der Waals surface area contributed by atoms with Crippen LogP contribution >= 0.6 is 0 Å². The largest absolute Gasteiger partial charge is 0.806 e. The summed E-state index contributed by atoms with van der Waals surface area (Å²) in [6.07, 6.45) is 3.80. The molecule has 0 atom stereocenters. The van der Waals surface area contributed by atoms with Crippen LogP contribution in [0.4, 0.5) is 5.69 Å². The first-order valence-electron chi connectivity index (χ1n) is 4.45. The van der Waals surface area contributed by atoms with Crippen molar-refractivity contribution in [2.45, 2.75) is 0 Å². The molecule has 0 saturated carbocycles. The highest BCUT2D eigenvalue weighted by molar-refractivity contribution is 7.89. The summed E-state index contributed by atoms with van der Waals surface area (Å²) in [5.74, 6) is 0. The zero-order chi connectivity index (χ0) is 12.3. The van der Waals surface area contributed by atoms with Crippen LogP contribution in [0.25, 0.3) is 0 Å². The van der Waals surface area contributed by atoms with Gasteiger partial charge in [-0.15, -0.1) is 0 Å². The molecule has 88 valence electrons. The molecule has 0 N–H and O–H groups in total. The van der Waals surface area contributed by atoms with Crippen molar-refractivity contribution in [2.24, 2.45) is 4.40 Å². The second kappa shape index (κ2) is 4.48. The first-order chi connectivity index (χ1) is 7.29. The molecule has 0 unspecified atom stereocenters. The Kier molecular flexibility index (Phi) is 3.48. The van der Waals surface area contributed by atoms with E-state index in [-0.39, 0.29) is 0 Å². The lowest BCUT2D eigenvalue weighted by Crippen LogP contribution is -2.50. The third kappa shape index (κ3) is 3.50. The zero-order valence-electron chi connectivity index (χ0n) is 9.28. The smallest absolute Gasteiger partial charge is 0.335 e. The van der Waals surface area contributed by atoms with Crippen molar-refractivity contribution in [3.63, 3.8) is 0 Å². The Bertz CT molecular complexity index is 491. The highest BCUT2D eigenvalue weighted by atomic mass is 32.2. The molecule has 0 fully saturated rings. The van der Waals surface area contributed by atoms with Gasteiger partial charge in [-0.25, -0.2) is 4.57 Å². The maximum absolute atomic E-state index is 11.3. The van der Waals surface area contributed by atoms with Crippen LogP contribution in [-0.2, 0) is 10.0 Å². The molecule has 0 radical (unpaired) electrons. The van der Waals surface area contributed by atoms with Crippen molar-refractivity contribution in [1.82, 2.24) is 0 Å². The van der Waals surface area contributed by atoms with Crippen molar-refractivity contribution in [3.8, 4) is 0 Å². The number of aromatic nitrogens is 1. The number of nitrogens with zero attached hydrogens (tertiary/aromatic N) is 3. The molecule has 1 aromatic heterocycles. The molecular formula is C9H13N3O3S. The predicted molar refractivity (Wildman–Crippen MR) is 58.6 cm³/mol. The molecule has 0 bridgehead atoms. The summed E-state index contributed by atoms with van der Waals surface area (Å²) in [4.78, 5) is 1.86. The highest BCUT2D eigenvalue weighted by Gasteiger charge is 2.08. The summed E-state index contributed by atoms with van der Waals surface area (Å²) < 4.78 is 25.7. The molecule has 16 heavy (non-hydrogen) atoms. The lowest BCUT2D eigenvalue weighted by Gasteiger charge is -2.11. The highest BCUT2D eigenvalue weighted by Crippen LogP contribution is 2.05. The molecule has 0 aliphatic heterocycles. The molecule has 0 spiro atoms. The Hall–Kier alpha value is -1.63. The SMILES string of the molecule is CN(C)c1cc[n+](/C([O-])=N/S(C)(=O)=O)cc1. The van der Waals surface area contributed by atoms with Gasteiger partial charge in [0.25, 0.3) is 6.02 Å². The maximum atomic E-state index is 11.3. The van der Waals surface area contributed by atoms with Gasteiger partial charge in [-0.05, 0) is 0 Å². The van der Waals surface area contributed by atoms with Crippen molar-refractivity contribution in [1.29, 1.82) is 0 Å². The molecule has 7 heteroatoms. The van der Waals surface area contributed by atoms with E-state index in [0.29, 0.717) is 0 Å². The molecule has 1 heterocycles. The van der Waals surface area contributed by atoms with Gasteiger partial charge in [0.15, 0.2) is 0 Å². The van der Waals surface area contributed by atoms with Gasteiger partial charge in [0.2, 0.25) is 0 Å². The molecule has 0 aliphatic rings. The standard InChI is InChI=1S/C9H13N3O3S/c1-11(2)8-4-6-12(7-5-8)9(13)10-16(3,14)15/h4-7H,1-3H3. The fraction of sp³-hybridized carbons (Fsp3) is 0.333. The Morgan fingerprint density at radius 1 is 1.38 bits per heavy atom. The van der Waals surface area contributed by atoms with Crippen LogP contribution in [0, 0.1) is 0 Å². The summed E-state index contributed by atoms with van der Waals surface area (Å²) in [6, 6.07) is 2.55. The second-order valence-electron chi connectivity index (χ2n) is 3.46. The van der Waals surface area contributed by atoms with Gasteiger partial charge in [-0.1, -0.05) is 0 Å². The minimum atomic E-state index is -3.65. The van der Waals surface area contributed by atoms with Crippen LogP contribution in [0.15, 0.2) is 28.9 Å². The van der Waals surface area contributed by atoms with Gasteiger partial charge in [-0.2, -0.15) is 8.42 Å². The van der Waals surface area contributed by atoms with Crippen LogP contribution in [0.1, 0.15) is 0 Å². The minimum absolute atomic E-state index is 0.826. The third-order valence-corrected chi connectivity index (χ3v) is 2.28. The Morgan fingerprint density at radius 2 is 1.88 bits per heavy atom. The Morgan fingerprint density at radius 3 is 2.25 bits per heavy atom. The van der Waals surface area contributed by atoms with Crippen molar-refractivity contribution < 1.29 is 18.1 Å². The quantitative estimate of drug-likeness (QED) is 0.362. The van der Waals surface area contributed by atoms with E-state index in [1.54, 1.807) is 12.1 Å². The molecule has 1 aromatic rings. The predicted octanol–water partition coefficient (Wildman–Crippen LogP) is -1.44. The van der Waals surface area contributed by atoms with Crippen LogP contribution in [0.2, 0.25) is 0 Å². The zero-order valence-corrected chi connectivity index (χ0v) is 10.1. The van der Waals surface area contributed by atoms with E-state index in [9.17, 15) is 13.5 Å². The molecular weight excluding hydrogens is 230 g/mol. The van der Waals surface area contributed by atoms with E-state index >= 15 is 0 Å². The summed E-state index contributed by atoms with van der Waals surface area (Å²) in [6.45, 7) is 0. The maximum Gasteiger partial charge on any atom is 0.335 e.